The van der Waals surface area contributed by atoms with Crippen molar-refractivity contribution >= 4 is 35.5 Å². The summed E-state index contributed by atoms with van der Waals surface area (Å²) in [5.74, 6) is -1.31. The van der Waals surface area contributed by atoms with E-state index in [0.717, 1.165) is 4.90 Å². The lowest BCUT2D eigenvalue weighted by Crippen LogP contribution is -2.51. The molecule has 1 unspecified atom stereocenters. The van der Waals surface area contributed by atoms with Gasteiger partial charge in [0.2, 0.25) is 5.91 Å². The fourth-order valence-electron chi connectivity index (χ4n) is 2.83. The van der Waals surface area contributed by atoms with E-state index in [1.807, 2.05) is 0 Å². The van der Waals surface area contributed by atoms with Crippen molar-refractivity contribution in [3.8, 4) is 0 Å². The molecule has 1 aliphatic heterocycles. The average Bonchev–Trinajstić information content (AvgIpc) is 2.78. The molecule has 9 heteroatoms. The summed E-state index contributed by atoms with van der Waals surface area (Å²) >= 11 is 5.89. The summed E-state index contributed by atoms with van der Waals surface area (Å²) in [6.45, 7) is 6.48. The number of nitrogens with zero attached hydrogens (tertiary/aromatic N) is 1. The molecule has 0 saturated carbocycles. The molecule has 1 aromatic carbocycles. The van der Waals surface area contributed by atoms with Crippen LogP contribution >= 0.6 is 11.6 Å². The van der Waals surface area contributed by atoms with Crippen molar-refractivity contribution in [1.29, 1.82) is 0 Å². The fraction of sp³-hybridized carbons (Fsp3) is 0.444. The van der Waals surface area contributed by atoms with Crippen molar-refractivity contribution < 1.29 is 19.2 Å². The molecule has 8 nitrogen and oxygen atoms in total. The summed E-state index contributed by atoms with van der Waals surface area (Å²) in [5.41, 5.74) is -1.23. The molecule has 146 valence electrons. The summed E-state index contributed by atoms with van der Waals surface area (Å²) < 4.78 is 0. The van der Waals surface area contributed by atoms with Gasteiger partial charge in [0.15, 0.2) is 0 Å². The van der Waals surface area contributed by atoms with Gasteiger partial charge in [0.25, 0.3) is 5.91 Å². The number of carbonyl (C=O) groups is 4. The molecule has 0 aliphatic carbocycles. The minimum Gasteiger partial charge on any atom is -0.333 e. The SMILES string of the molecule is CCC1(c2ccc(Cl)cc2)NC(=O)N(CC(=O)NC(=O)NC(C)(C)C)C1=O. The third-order valence-electron chi connectivity index (χ3n) is 4.09. The van der Waals surface area contributed by atoms with Crippen molar-refractivity contribution in [2.24, 2.45) is 0 Å². The largest absolute Gasteiger partial charge is 0.333 e. The molecule has 1 aliphatic rings. The number of hydrogen-bond donors (Lipinski definition) is 3. The highest BCUT2D eigenvalue weighted by atomic mass is 35.5. The minimum atomic E-state index is -1.27. The van der Waals surface area contributed by atoms with E-state index in [2.05, 4.69) is 16.0 Å². The van der Waals surface area contributed by atoms with Gasteiger partial charge in [0.05, 0.1) is 0 Å². The molecule has 1 aromatic rings. The number of nitrogens with one attached hydrogen (secondary N) is 3. The predicted octanol–water partition coefficient (Wildman–Crippen LogP) is 2.12. The Bertz CT molecular complexity index is 773. The zero-order chi connectivity index (χ0) is 20.4. The highest BCUT2D eigenvalue weighted by molar-refractivity contribution is 6.30. The highest BCUT2D eigenvalue weighted by Gasteiger charge is 2.51. The van der Waals surface area contributed by atoms with Gasteiger partial charge in [-0.3, -0.25) is 19.8 Å². The fourth-order valence-corrected chi connectivity index (χ4v) is 2.95. The number of benzene rings is 1. The van der Waals surface area contributed by atoms with E-state index in [1.54, 1.807) is 52.0 Å². The Hall–Kier alpha value is -2.61. The molecule has 6 amide bonds. The van der Waals surface area contributed by atoms with Gasteiger partial charge in [-0.25, -0.2) is 9.59 Å². The Morgan fingerprint density at radius 3 is 2.30 bits per heavy atom. The standard InChI is InChI=1S/C18H23ClN4O4/c1-5-18(11-6-8-12(19)9-7-11)14(25)23(16(27)22-18)10-13(24)20-15(26)21-17(2,3)4/h6-9H,5,10H2,1-4H3,(H,22,27)(H2,20,21,24,26). The first-order chi connectivity index (χ1) is 12.5. The van der Waals surface area contributed by atoms with Crippen LogP contribution in [0.2, 0.25) is 5.02 Å². The zero-order valence-corrected chi connectivity index (χ0v) is 16.4. The summed E-state index contributed by atoms with van der Waals surface area (Å²) in [7, 11) is 0. The van der Waals surface area contributed by atoms with Crippen LogP contribution in [0, 0.1) is 0 Å². The van der Waals surface area contributed by atoms with Crippen LogP contribution in [0.25, 0.3) is 0 Å². The average molecular weight is 395 g/mol. The smallest absolute Gasteiger partial charge is 0.325 e. The molecular weight excluding hydrogens is 372 g/mol. The van der Waals surface area contributed by atoms with Crippen molar-refractivity contribution in [2.75, 3.05) is 6.54 Å². The van der Waals surface area contributed by atoms with Crippen molar-refractivity contribution in [3.63, 3.8) is 0 Å². The highest BCUT2D eigenvalue weighted by Crippen LogP contribution is 2.32. The van der Waals surface area contributed by atoms with Crippen LogP contribution in [-0.4, -0.2) is 40.9 Å². The number of urea groups is 2. The van der Waals surface area contributed by atoms with Crippen LogP contribution < -0.4 is 16.0 Å². The molecule has 0 aromatic heterocycles. The lowest BCUT2D eigenvalue weighted by molar-refractivity contribution is -0.135. The molecule has 0 spiro atoms. The van der Waals surface area contributed by atoms with Crippen molar-refractivity contribution in [3.05, 3.63) is 34.9 Å². The van der Waals surface area contributed by atoms with E-state index >= 15 is 0 Å². The van der Waals surface area contributed by atoms with Gasteiger partial charge in [-0.2, -0.15) is 0 Å². The molecule has 0 bridgehead atoms. The van der Waals surface area contributed by atoms with Gasteiger partial charge in [-0.05, 0) is 44.9 Å². The summed E-state index contributed by atoms with van der Waals surface area (Å²) in [5, 5.41) is 7.85. The lowest BCUT2D eigenvalue weighted by atomic mass is 9.87. The van der Waals surface area contributed by atoms with Gasteiger partial charge in [-0.1, -0.05) is 30.7 Å². The monoisotopic (exact) mass is 394 g/mol. The molecule has 1 saturated heterocycles. The van der Waals surface area contributed by atoms with Crippen LogP contribution in [0.15, 0.2) is 24.3 Å². The first kappa shape index (κ1) is 20.7. The van der Waals surface area contributed by atoms with Gasteiger partial charge < -0.3 is 10.6 Å². The topological polar surface area (TPSA) is 108 Å². The second-order valence-corrected chi connectivity index (χ2v) is 7.78. The summed E-state index contributed by atoms with van der Waals surface area (Å²) in [4.78, 5) is 50.0. The zero-order valence-electron chi connectivity index (χ0n) is 15.7. The van der Waals surface area contributed by atoms with E-state index in [0.29, 0.717) is 17.0 Å². The number of imide groups is 2. The Balaban J connectivity index is 2.14. The maximum absolute atomic E-state index is 12.9. The molecule has 3 N–H and O–H groups in total. The van der Waals surface area contributed by atoms with Crippen LogP contribution in [0.4, 0.5) is 9.59 Å². The number of rotatable bonds is 4. The van der Waals surface area contributed by atoms with Crippen LogP contribution in [0.5, 0.6) is 0 Å². The summed E-state index contributed by atoms with van der Waals surface area (Å²) in [6, 6.07) is 5.18. The van der Waals surface area contributed by atoms with Crippen molar-refractivity contribution in [2.45, 2.75) is 45.2 Å². The van der Waals surface area contributed by atoms with E-state index < -0.39 is 41.5 Å². The van der Waals surface area contributed by atoms with Crippen LogP contribution in [-0.2, 0) is 15.1 Å². The third kappa shape index (κ3) is 4.57. The number of hydrogen-bond acceptors (Lipinski definition) is 4. The Labute approximate surface area is 162 Å². The second kappa shape index (κ2) is 7.56. The minimum absolute atomic E-state index is 0.293. The van der Waals surface area contributed by atoms with E-state index in [9.17, 15) is 19.2 Å². The molecule has 27 heavy (non-hydrogen) atoms. The first-order valence-electron chi connectivity index (χ1n) is 8.50. The maximum Gasteiger partial charge on any atom is 0.325 e. The molecule has 1 heterocycles. The van der Waals surface area contributed by atoms with Gasteiger partial charge in [-0.15, -0.1) is 0 Å². The van der Waals surface area contributed by atoms with Crippen LogP contribution in [0.1, 0.15) is 39.7 Å². The van der Waals surface area contributed by atoms with Gasteiger partial charge in [0, 0.05) is 10.6 Å². The molecule has 2 rings (SSSR count). The quantitative estimate of drug-likeness (QED) is 0.680. The first-order valence-corrected chi connectivity index (χ1v) is 8.88. The third-order valence-corrected chi connectivity index (χ3v) is 4.34. The molecular formula is C18H23ClN4O4. The molecule has 1 fully saturated rings. The van der Waals surface area contributed by atoms with E-state index in [4.69, 9.17) is 11.6 Å². The lowest BCUT2D eigenvalue weighted by Gasteiger charge is -2.25. The number of amides is 6. The Kier molecular flexibility index (Phi) is 5.79. The van der Waals surface area contributed by atoms with Crippen LogP contribution in [0.3, 0.4) is 0 Å². The predicted molar refractivity (Wildman–Crippen MR) is 100 cm³/mol. The molecule has 0 radical (unpaired) electrons. The normalized spacial score (nSPS) is 19.7. The number of halogens is 1. The number of carbonyl (C=O) groups excluding carboxylic acids is 4. The van der Waals surface area contributed by atoms with E-state index in [-0.39, 0.29) is 0 Å². The van der Waals surface area contributed by atoms with E-state index in [1.165, 1.54) is 0 Å². The Morgan fingerprint density at radius 2 is 1.78 bits per heavy atom. The van der Waals surface area contributed by atoms with Gasteiger partial charge in [0.1, 0.15) is 12.1 Å². The van der Waals surface area contributed by atoms with Gasteiger partial charge >= 0.3 is 12.1 Å². The van der Waals surface area contributed by atoms with Crippen molar-refractivity contribution in [1.82, 2.24) is 20.9 Å². The second-order valence-electron chi connectivity index (χ2n) is 7.34. The maximum atomic E-state index is 12.9. The summed E-state index contributed by atoms with van der Waals surface area (Å²) in [6.07, 6.45) is 0.293. The molecule has 1 atom stereocenters. The Morgan fingerprint density at radius 1 is 1.19 bits per heavy atom.